The first-order valence-corrected chi connectivity index (χ1v) is 5.35. The molecule has 0 aromatic carbocycles. The standard InChI is InChI=1S/C7H7N2O3PS/c1-2-4-5(9-7(8)14-4)6(10)12-3-13-11/h2H2,1H3,(H2,8,9). The van der Waals surface area contributed by atoms with Crippen LogP contribution in [0.5, 0.6) is 0 Å². The zero-order valence-electron chi connectivity index (χ0n) is 7.31. The number of carbonyl (C=O) groups excluding carboxylic acids is 1. The number of hydrogen-bond donors (Lipinski definition) is 1. The Bertz CT molecular complexity index is 450. The van der Waals surface area contributed by atoms with Crippen molar-refractivity contribution in [3.8, 4) is 5.81 Å². The summed E-state index contributed by atoms with van der Waals surface area (Å²) in [6.07, 6.45) is 0.647. The Morgan fingerprint density at radius 3 is 3.07 bits per heavy atom. The van der Waals surface area contributed by atoms with Crippen molar-refractivity contribution in [1.29, 1.82) is 0 Å². The molecule has 14 heavy (non-hydrogen) atoms. The van der Waals surface area contributed by atoms with Crippen LogP contribution in [0.2, 0.25) is 0 Å². The summed E-state index contributed by atoms with van der Waals surface area (Å²) in [5.74, 6) is 1.22. The van der Waals surface area contributed by atoms with Crippen LogP contribution in [0.1, 0.15) is 22.3 Å². The van der Waals surface area contributed by atoms with Gasteiger partial charge in [0.2, 0.25) is 0 Å². The molecule has 0 atom stereocenters. The van der Waals surface area contributed by atoms with Gasteiger partial charge in [0, 0.05) is 0 Å². The summed E-state index contributed by atoms with van der Waals surface area (Å²) >= 11 is 1.23. The molecule has 0 saturated carbocycles. The summed E-state index contributed by atoms with van der Waals surface area (Å²) in [6.45, 7) is 1.88. The third-order valence-corrected chi connectivity index (χ3v) is 2.60. The molecule has 0 fully saturated rings. The molecule has 1 aromatic rings. The first-order chi connectivity index (χ1) is 6.69. The number of aromatic nitrogens is 1. The number of esters is 1. The molecule has 1 heterocycles. The van der Waals surface area contributed by atoms with Crippen molar-refractivity contribution in [2.24, 2.45) is 0 Å². The van der Waals surface area contributed by atoms with Crippen molar-refractivity contribution in [2.75, 3.05) is 5.73 Å². The van der Waals surface area contributed by atoms with Crippen LogP contribution < -0.4 is 5.73 Å². The third kappa shape index (κ3) is 2.45. The summed E-state index contributed by atoms with van der Waals surface area (Å²) in [4.78, 5) is 15.8. The van der Waals surface area contributed by atoms with Crippen molar-refractivity contribution in [3.63, 3.8) is 0 Å². The first kappa shape index (κ1) is 11.0. The predicted octanol–water partition coefficient (Wildman–Crippen LogP) is 1.65. The van der Waals surface area contributed by atoms with E-state index < -0.39 is 13.9 Å². The van der Waals surface area contributed by atoms with E-state index in [0.29, 0.717) is 11.6 Å². The molecule has 0 aliphatic rings. The molecule has 0 unspecified atom stereocenters. The molecule has 0 spiro atoms. The first-order valence-electron chi connectivity index (χ1n) is 3.72. The average Bonchev–Trinajstić information content (AvgIpc) is 2.56. The van der Waals surface area contributed by atoms with Gasteiger partial charge in [0.1, 0.15) is 0 Å². The second-order valence-electron chi connectivity index (χ2n) is 2.25. The van der Waals surface area contributed by atoms with E-state index in [1.807, 2.05) is 12.7 Å². The van der Waals surface area contributed by atoms with Gasteiger partial charge in [0.25, 0.3) is 0 Å². The quantitative estimate of drug-likeness (QED) is 0.617. The fourth-order valence-electron chi connectivity index (χ4n) is 0.877. The maximum absolute atomic E-state index is 11.3. The van der Waals surface area contributed by atoms with E-state index in [0.717, 1.165) is 4.88 Å². The number of anilines is 1. The van der Waals surface area contributed by atoms with Crippen LogP contribution in [-0.4, -0.2) is 11.0 Å². The minimum absolute atomic E-state index is 0.172. The topological polar surface area (TPSA) is 82.3 Å². The van der Waals surface area contributed by atoms with Gasteiger partial charge in [-0.25, -0.2) is 0 Å². The Morgan fingerprint density at radius 2 is 2.50 bits per heavy atom. The van der Waals surface area contributed by atoms with Crippen molar-refractivity contribution >= 4 is 30.4 Å². The van der Waals surface area contributed by atoms with E-state index in [9.17, 15) is 9.36 Å². The number of nitrogen functional groups attached to an aromatic ring is 1. The molecule has 1 rings (SSSR count). The summed E-state index contributed by atoms with van der Waals surface area (Å²) in [6, 6.07) is 0. The van der Waals surface area contributed by atoms with Crippen LogP contribution in [0.15, 0.2) is 0 Å². The van der Waals surface area contributed by atoms with Crippen LogP contribution in [0.3, 0.4) is 0 Å². The molecule has 1 aromatic heterocycles. The third-order valence-electron chi connectivity index (χ3n) is 1.40. The molecule has 7 heteroatoms. The van der Waals surface area contributed by atoms with Gasteiger partial charge in [-0.1, -0.05) is 0 Å². The monoisotopic (exact) mass is 230 g/mol. The van der Waals surface area contributed by atoms with Crippen LogP contribution in [-0.2, 0) is 15.7 Å². The predicted molar refractivity (Wildman–Crippen MR) is 52.8 cm³/mol. The van der Waals surface area contributed by atoms with E-state index in [1.165, 1.54) is 11.3 Å². The summed E-state index contributed by atoms with van der Waals surface area (Å²) in [7, 11) is -0.476. The number of thiazole rings is 1. The van der Waals surface area contributed by atoms with Gasteiger partial charge in [0.05, 0.1) is 0 Å². The number of nitrogens with zero attached hydrogens (tertiary/aromatic N) is 1. The summed E-state index contributed by atoms with van der Waals surface area (Å²) < 4.78 is 14.4. The van der Waals surface area contributed by atoms with Gasteiger partial charge < -0.3 is 0 Å². The van der Waals surface area contributed by atoms with Gasteiger partial charge in [-0.05, 0) is 0 Å². The second-order valence-corrected chi connectivity index (χ2v) is 3.73. The SMILES string of the molecule is CCc1sc(N)nc1C(=O)OC#P=O. The van der Waals surface area contributed by atoms with Gasteiger partial charge in [-0.15, -0.1) is 0 Å². The molecule has 2 N–H and O–H groups in total. The minimum atomic E-state index is -0.682. The average molecular weight is 230 g/mol. The molecule has 0 bridgehead atoms. The number of ether oxygens (including phenoxy) is 1. The van der Waals surface area contributed by atoms with Crippen molar-refractivity contribution < 1.29 is 14.1 Å². The van der Waals surface area contributed by atoms with Gasteiger partial charge in [0.15, 0.2) is 0 Å². The van der Waals surface area contributed by atoms with Crippen LogP contribution in [0.4, 0.5) is 5.13 Å². The molecule has 0 saturated heterocycles. The fraction of sp³-hybridized carbons (Fsp3) is 0.286. The number of aryl methyl sites for hydroxylation is 1. The molecule has 5 nitrogen and oxygen atoms in total. The zero-order chi connectivity index (χ0) is 10.6. The normalized spacial score (nSPS) is 9.21. The van der Waals surface area contributed by atoms with E-state index in [2.05, 4.69) is 9.72 Å². The van der Waals surface area contributed by atoms with Gasteiger partial charge >= 0.3 is 84.9 Å². The van der Waals surface area contributed by atoms with Crippen LogP contribution in [0, 0.1) is 5.81 Å². The van der Waals surface area contributed by atoms with Gasteiger partial charge in [-0.3, -0.25) is 0 Å². The molecule has 0 amide bonds. The van der Waals surface area contributed by atoms with Gasteiger partial charge in [-0.2, -0.15) is 0 Å². The van der Waals surface area contributed by atoms with Crippen molar-refractivity contribution in [2.45, 2.75) is 13.3 Å². The van der Waals surface area contributed by atoms with Crippen molar-refractivity contribution in [1.82, 2.24) is 4.98 Å². The summed E-state index contributed by atoms with van der Waals surface area (Å²) in [5.41, 5.74) is 5.61. The number of hydrogen-bond acceptors (Lipinski definition) is 6. The van der Waals surface area contributed by atoms with E-state index in [1.54, 1.807) is 0 Å². The summed E-state index contributed by atoms with van der Waals surface area (Å²) in [5, 5.41) is 0.313. The zero-order valence-corrected chi connectivity index (χ0v) is 9.02. The Balaban J connectivity index is 2.97. The molecular weight excluding hydrogens is 223 g/mol. The Hall–Kier alpha value is -1.09. The van der Waals surface area contributed by atoms with Crippen molar-refractivity contribution in [3.05, 3.63) is 10.6 Å². The molecule has 74 valence electrons. The molecule has 0 aliphatic heterocycles. The van der Waals surface area contributed by atoms with E-state index in [-0.39, 0.29) is 5.69 Å². The second kappa shape index (κ2) is 4.96. The Morgan fingerprint density at radius 1 is 1.79 bits per heavy atom. The molecule has 0 aliphatic carbocycles. The Labute approximate surface area is 85.4 Å². The van der Waals surface area contributed by atoms with E-state index >= 15 is 0 Å². The maximum atomic E-state index is 11.3. The number of carbonyl (C=O) groups is 1. The van der Waals surface area contributed by atoms with Crippen LogP contribution >= 0.6 is 19.3 Å². The van der Waals surface area contributed by atoms with Crippen LogP contribution in [0.25, 0.3) is 0 Å². The molecule has 0 radical (unpaired) electrons. The molecular formula is C7H7N2O3PS. The number of rotatable bonds is 2. The Kier molecular flexibility index (Phi) is 3.89. The van der Waals surface area contributed by atoms with E-state index in [4.69, 9.17) is 5.73 Å². The number of nitrogens with two attached hydrogens (primary N) is 1. The fourth-order valence-corrected chi connectivity index (χ4v) is 1.76.